The van der Waals surface area contributed by atoms with Crippen molar-refractivity contribution in [2.75, 3.05) is 6.54 Å². The third kappa shape index (κ3) is 5.50. The molecule has 0 saturated carbocycles. The number of hydrogen-bond acceptors (Lipinski definition) is 2. The molecule has 0 radical (unpaired) electrons. The first-order valence-electron chi connectivity index (χ1n) is 6.30. The first kappa shape index (κ1) is 16.3. The van der Waals surface area contributed by atoms with Gasteiger partial charge in [0.1, 0.15) is 12.3 Å². The average molecular weight is 289 g/mol. The van der Waals surface area contributed by atoms with Crippen molar-refractivity contribution in [3.63, 3.8) is 0 Å². The number of amides is 1. The van der Waals surface area contributed by atoms with E-state index in [-0.39, 0.29) is 0 Å². The summed E-state index contributed by atoms with van der Waals surface area (Å²) in [4.78, 5) is 11.4. The molecule has 6 heteroatoms. The van der Waals surface area contributed by atoms with Crippen molar-refractivity contribution in [1.29, 1.82) is 0 Å². The van der Waals surface area contributed by atoms with Gasteiger partial charge in [0.15, 0.2) is 6.10 Å². The monoisotopic (exact) mass is 289 g/mol. The van der Waals surface area contributed by atoms with Crippen molar-refractivity contribution in [3.8, 4) is 5.75 Å². The van der Waals surface area contributed by atoms with Crippen LogP contribution in [0.3, 0.4) is 0 Å². The molecule has 0 aliphatic carbocycles. The lowest BCUT2D eigenvalue weighted by Crippen LogP contribution is -2.41. The zero-order valence-corrected chi connectivity index (χ0v) is 11.6. The van der Waals surface area contributed by atoms with Crippen LogP contribution < -0.4 is 10.1 Å². The maximum absolute atomic E-state index is 12.0. The Morgan fingerprint density at radius 1 is 1.20 bits per heavy atom. The van der Waals surface area contributed by atoms with E-state index in [1.807, 2.05) is 26.0 Å². The van der Waals surface area contributed by atoms with Crippen LogP contribution in [0, 0.1) is 0 Å². The number of alkyl halides is 3. The Balaban J connectivity index is 2.53. The first-order valence-corrected chi connectivity index (χ1v) is 6.30. The number of ether oxygens (including phenoxy) is 1. The van der Waals surface area contributed by atoms with Crippen molar-refractivity contribution >= 4 is 5.91 Å². The Bertz CT molecular complexity index is 441. The molecule has 0 saturated heterocycles. The highest BCUT2D eigenvalue weighted by Gasteiger charge is 2.29. The van der Waals surface area contributed by atoms with Crippen molar-refractivity contribution in [2.45, 2.75) is 39.0 Å². The summed E-state index contributed by atoms with van der Waals surface area (Å²) in [6.45, 7) is 4.14. The highest BCUT2D eigenvalue weighted by atomic mass is 19.4. The third-order valence-electron chi connectivity index (χ3n) is 2.69. The van der Waals surface area contributed by atoms with Gasteiger partial charge in [0.25, 0.3) is 5.91 Å². The molecule has 0 aliphatic heterocycles. The Hall–Kier alpha value is -1.72. The lowest BCUT2D eigenvalue weighted by atomic mass is 10.0. The number of benzene rings is 1. The Morgan fingerprint density at radius 2 is 1.75 bits per heavy atom. The van der Waals surface area contributed by atoms with Gasteiger partial charge >= 0.3 is 6.18 Å². The number of halogens is 3. The van der Waals surface area contributed by atoms with Crippen LogP contribution >= 0.6 is 0 Å². The number of nitrogens with one attached hydrogen (secondary N) is 1. The van der Waals surface area contributed by atoms with Gasteiger partial charge in [0.2, 0.25) is 0 Å². The summed E-state index contributed by atoms with van der Waals surface area (Å²) >= 11 is 0. The van der Waals surface area contributed by atoms with Crippen LogP contribution in [0.4, 0.5) is 13.2 Å². The van der Waals surface area contributed by atoms with E-state index >= 15 is 0 Å². The van der Waals surface area contributed by atoms with Gasteiger partial charge in [-0.1, -0.05) is 26.0 Å². The fourth-order valence-corrected chi connectivity index (χ4v) is 1.52. The summed E-state index contributed by atoms with van der Waals surface area (Å²) in [6, 6.07) is 7.12. The number of hydrogen-bond donors (Lipinski definition) is 1. The SMILES string of the molecule is CC(Oc1ccc(C(C)C)cc1)C(=O)NCC(F)(F)F. The van der Waals surface area contributed by atoms with Gasteiger partial charge in [0.05, 0.1) is 0 Å². The van der Waals surface area contributed by atoms with Crippen LogP contribution in [0.25, 0.3) is 0 Å². The van der Waals surface area contributed by atoms with Gasteiger partial charge in [-0.05, 0) is 30.5 Å². The smallest absolute Gasteiger partial charge is 0.405 e. The predicted molar refractivity (Wildman–Crippen MR) is 69.7 cm³/mol. The molecule has 1 rings (SSSR count). The molecule has 1 aromatic carbocycles. The highest BCUT2D eigenvalue weighted by molar-refractivity contribution is 5.80. The summed E-state index contributed by atoms with van der Waals surface area (Å²) in [6.07, 6.45) is -5.41. The van der Waals surface area contributed by atoms with E-state index in [1.165, 1.54) is 6.92 Å². The molecule has 1 amide bonds. The molecule has 20 heavy (non-hydrogen) atoms. The van der Waals surface area contributed by atoms with E-state index in [2.05, 4.69) is 0 Å². The fourth-order valence-electron chi connectivity index (χ4n) is 1.52. The summed E-state index contributed by atoms with van der Waals surface area (Å²) in [7, 11) is 0. The molecule has 0 heterocycles. The van der Waals surface area contributed by atoms with Gasteiger partial charge in [-0.15, -0.1) is 0 Å². The summed E-state index contributed by atoms with van der Waals surface area (Å²) in [5.74, 6) is 0.0240. The van der Waals surface area contributed by atoms with E-state index in [4.69, 9.17) is 4.74 Å². The van der Waals surface area contributed by atoms with E-state index in [0.717, 1.165) is 5.56 Å². The van der Waals surface area contributed by atoms with Crippen molar-refractivity contribution in [2.24, 2.45) is 0 Å². The number of rotatable bonds is 5. The molecule has 0 bridgehead atoms. The maximum atomic E-state index is 12.0. The maximum Gasteiger partial charge on any atom is 0.405 e. The van der Waals surface area contributed by atoms with E-state index < -0.39 is 24.7 Å². The number of carbonyl (C=O) groups is 1. The van der Waals surface area contributed by atoms with Crippen molar-refractivity contribution < 1.29 is 22.7 Å². The second-order valence-corrected chi connectivity index (χ2v) is 4.82. The van der Waals surface area contributed by atoms with Crippen LogP contribution in [0.5, 0.6) is 5.75 Å². The summed E-state index contributed by atoms with van der Waals surface area (Å²) < 4.78 is 41.2. The predicted octanol–water partition coefficient (Wildman–Crippen LogP) is 3.26. The lowest BCUT2D eigenvalue weighted by molar-refractivity contribution is -0.142. The van der Waals surface area contributed by atoms with Gasteiger partial charge in [-0.2, -0.15) is 13.2 Å². The standard InChI is InChI=1S/C14H18F3NO2/c1-9(2)11-4-6-12(7-5-11)20-10(3)13(19)18-8-14(15,16)17/h4-7,9-10H,8H2,1-3H3,(H,18,19). The molecule has 1 N–H and O–H groups in total. The zero-order valence-electron chi connectivity index (χ0n) is 11.6. The lowest BCUT2D eigenvalue weighted by Gasteiger charge is -2.16. The van der Waals surface area contributed by atoms with Crippen LogP contribution in [-0.4, -0.2) is 24.7 Å². The molecule has 0 aromatic heterocycles. The molecule has 1 unspecified atom stereocenters. The summed E-state index contributed by atoms with van der Waals surface area (Å²) in [5.41, 5.74) is 1.12. The van der Waals surface area contributed by atoms with E-state index in [1.54, 1.807) is 17.4 Å². The molecule has 112 valence electrons. The second-order valence-electron chi connectivity index (χ2n) is 4.82. The van der Waals surface area contributed by atoms with Crippen LogP contribution in [0.1, 0.15) is 32.3 Å². The average Bonchev–Trinajstić information content (AvgIpc) is 2.35. The number of carbonyl (C=O) groups excluding carboxylic acids is 1. The zero-order chi connectivity index (χ0) is 15.3. The minimum atomic E-state index is -4.42. The molecule has 0 spiro atoms. The fraction of sp³-hybridized carbons (Fsp3) is 0.500. The molecular formula is C14H18F3NO2. The molecule has 3 nitrogen and oxygen atoms in total. The van der Waals surface area contributed by atoms with Crippen LogP contribution in [-0.2, 0) is 4.79 Å². The normalized spacial score (nSPS) is 13.2. The van der Waals surface area contributed by atoms with Gasteiger partial charge < -0.3 is 10.1 Å². The Kier molecular flexibility index (Phi) is 5.42. The summed E-state index contributed by atoms with van der Waals surface area (Å²) in [5, 5.41) is 1.78. The van der Waals surface area contributed by atoms with E-state index in [0.29, 0.717) is 11.7 Å². The highest BCUT2D eigenvalue weighted by Crippen LogP contribution is 2.19. The van der Waals surface area contributed by atoms with Crippen LogP contribution in [0.15, 0.2) is 24.3 Å². The second kappa shape index (κ2) is 6.63. The largest absolute Gasteiger partial charge is 0.481 e. The van der Waals surface area contributed by atoms with Crippen molar-refractivity contribution in [1.82, 2.24) is 5.32 Å². The van der Waals surface area contributed by atoms with Crippen LogP contribution in [0.2, 0.25) is 0 Å². The minimum Gasteiger partial charge on any atom is -0.481 e. The third-order valence-corrected chi connectivity index (χ3v) is 2.69. The van der Waals surface area contributed by atoms with Gasteiger partial charge in [-0.25, -0.2) is 0 Å². The van der Waals surface area contributed by atoms with Gasteiger partial charge in [-0.3, -0.25) is 4.79 Å². The van der Waals surface area contributed by atoms with Crippen molar-refractivity contribution in [3.05, 3.63) is 29.8 Å². The first-order chi connectivity index (χ1) is 9.19. The quantitative estimate of drug-likeness (QED) is 0.903. The molecule has 1 aromatic rings. The molecule has 0 aliphatic rings. The van der Waals surface area contributed by atoms with E-state index in [9.17, 15) is 18.0 Å². The minimum absolute atomic E-state index is 0.372. The topological polar surface area (TPSA) is 38.3 Å². The molecular weight excluding hydrogens is 271 g/mol. The van der Waals surface area contributed by atoms with Gasteiger partial charge in [0, 0.05) is 0 Å². The molecule has 0 fully saturated rings. The Labute approximate surface area is 116 Å². The molecule has 1 atom stereocenters. The Morgan fingerprint density at radius 3 is 2.20 bits per heavy atom.